The van der Waals surface area contributed by atoms with Crippen LogP contribution in [-0.2, 0) is 17.6 Å². The molecule has 2 nitrogen and oxygen atoms in total. The molecular formula is C17H23NOS. The zero-order chi connectivity index (χ0) is 13.8. The Morgan fingerprint density at radius 3 is 2.75 bits per heavy atom. The van der Waals surface area contributed by atoms with Crippen LogP contribution in [0.1, 0.15) is 49.7 Å². The van der Waals surface area contributed by atoms with Crippen molar-refractivity contribution in [3.05, 3.63) is 29.3 Å². The van der Waals surface area contributed by atoms with Crippen LogP contribution in [0.4, 0.5) is 0 Å². The van der Waals surface area contributed by atoms with Crippen LogP contribution in [0.5, 0.6) is 0 Å². The lowest BCUT2D eigenvalue weighted by Crippen LogP contribution is -2.37. The lowest BCUT2D eigenvalue weighted by Gasteiger charge is -2.22. The molecule has 0 heterocycles. The number of aryl methyl sites for hydroxylation is 2. The van der Waals surface area contributed by atoms with E-state index in [0.717, 1.165) is 12.8 Å². The van der Waals surface area contributed by atoms with Crippen molar-refractivity contribution >= 4 is 17.7 Å². The van der Waals surface area contributed by atoms with Crippen LogP contribution >= 0.6 is 11.8 Å². The summed E-state index contributed by atoms with van der Waals surface area (Å²) >= 11 is 1.67. The number of benzene rings is 1. The molecule has 1 aromatic carbocycles. The fourth-order valence-electron chi connectivity index (χ4n) is 3.30. The second kappa shape index (κ2) is 6.66. The maximum Gasteiger partial charge on any atom is 0.230 e. The lowest BCUT2D eigenvalue weighted by molar-refractivity contribution is -0.119. The smallest absolute Gasteiger partial charge is 0.230 e. The Balaban J connectivity index is 1.47. The molecule has 2 aliphatic carbocycles. The SMILES string of the molecule is O=C(CSc1ccc2c(c1)CCC2)NC1CCCCC1. The minimum atomic E-state index is 0.197. The van der Waals surface area contributed by atoms with Gasteiger partial charge in [0, 0.05) is 10.9 Å². The standard InChI is InChI=1S/C17H23NOS/c19-17(18-15-7-2-1-3-8-15)12-20-16-10-9-13-5-4-6-14(13)11-16/h9-11,15H,1-8,12H2,(H,18,19). The lowest BCUT2D eigenvalue weighted by atomic mass is 9.95. The summed E-state index contributed by atoms with van der Waals surface area (Å²) in [5.74, 6) is 0.748. The van der Waals surface area contributed by atoms with E-state index in [4.69, 9.17) is 0 Å². The Hall–Kier alpha value is -0.960. The van der Waals surface area contributed by atoms with E-state index in [9.17, 15) is 4.79 Å². The van der Waals surface area contributed by atoms with Gasteiger partial charge in [0.1, 0.15) is 0 Å². The quantitative estimate of drug-likeness (QED) is 0.856. The van der Waals surface area contributed by atoms with E-state index in [1.54, 1.807) is 11.8 Å². The first-order chi connectivity index (χ1) is 9.81. The highest BCUT2D eigenvalue weighted by atomic mass is 32.2. The van der Waals surface area contributed by atoms with Gasteiger partial charge in [0.25, 0.3) is 0 Å². The summed E-state index contributed by atoms with van der Waals surface area (Å²) < 4.78 is 0. The van der Waals surface area contributed by atoms with E-state index >= 15 is 0 Å². The predicted octanol–water partition coefficient (Wildman–Crippen LogP) is 3.72. The van der Waals surface area contributed by atoms with E-state index in [1.807, 2.05) is 0 Å². The van der Waals surface area contributed by atoms with Crippen molar-refractivity contribution in [2.75, 3.05) is 5.75 Å². The molecule has 0 bridgehead atoms. The van der Waals surface area contributed by atoms with Gasteiger partial charge in [0.2, 0.25) is 5.91 Å². The summed E-state index contributed by atoms with van der Waals surface area (Å²) in [6.45, 7) is 0. The summed E-state index contributed by atoms with van der Waals surface area (Å²) in [6, 6.07) is 7.12. The van der Waals surface area contributed by atoms with Crippen LogP contribution in [0.3, 0.4) is 0 Å². The number of carbonyl (C=O) groups is 1. The number of nitrogens with one attached hydrogen (secondary N) is 1. The molecule has 0 saturated heterocycles. The van der Waals surface area contributed by atoms with Crippen molar-refractivity contribution < 1.29 is 4.79 Å². The van der Waals surface area contributed by atoms with Gasteiger partial charge in [-0.1, -0.05) is 25.3 Å². The van der Waals surface area contributed by atoms with Gasteiger partial charge < -0.3 is 5.32 Å². The number of thioether (sulfide) groups is 1. The third kappa shape index (κ3) is 3.57. The van der Waals surface area contributed by atoms with Gasteiger partial charge in [-0.05, 0) is 55.4 Å². The monoisotopic (exact) mass is 289 g/mol. The van der Waals surface area contributed by atoms with Crippen LogP contribution in [0.25, 0.3) is 0 Å². The summed E-state index contributed by atoms with van der Waals surface area (Å²) in [7, 11) is 0. The van der Waals surface area contributed by atoms with E-state index in [2.05, 4.69) is 23.5 Å². The van der Waals surface area contributed by atoms with Crippen molar-refractivity contribution in [1.29, 1.82) is 0 Å². The van der Waals surface area contributed by atoms with E-state index in [1.165, 1.54) is 54.5 Å². The molecule has 0 aliphatic heterocycles. The van der Waals surface area contributed by atoms with Gasteiger partial charge >= 0.3 is 0 Å². The molecular weight excluding hydrogens is 266 g/mol. The molecule has 1 amide bonds. The largest absolute Gasteiger partial charge is 0.353 e. The van der Waals surface area contributed by atoms with Gasteiger partial charge in [-0.25, -0.2) is 0 Å². The molecule has 20 heavy (non-hydrogen) atoms. The fraction of sp³-hybridized carbons (Fsp3) is 0.588. The van der Waals surface area contributed by atoms with Gasteiger partial charge in [0.05, 0.1) is 5.75 Å². The van der Waals surface area contributed by atoms with Crippen molar-refractivity contribution in [3.8, 4) is 0 Å². The number of carbonyl (C=O) groups excluding carboxylic acids is 1. The first-order valence-electron chi connectivity index (χ1n) is 7.85. The Morgan fingerprint density at radius 2 is 1.90 bits per heavy atom. The second-order valence-electron chi connectivity index (χ2n) is 5.98. The molecule has 0 aromatic heterocycles. The van der Waals surface area contributed by atoms with Crippen LogP contribution in [0, 0.1) is 0 Å². The van der Waals surface area contributed by atoms with Crippen LogP contribution in [0.2, 0.25) is 0 Å². The average molecular weight is 289 g/mol. The summed E-state index contributed by atoms with van der Waals surface area (Å²) in [5, 5.41) is 3.18. The van der Waals surface area contributed by atoms with Gasteiger partial charge in [0.15, 0.2) is 0 Å². The van der Waals surface area contributed by atoms with E-state index in [0.29, 0.717) is 11.8 Å². The molecule has 0 spiro atoms. The molecule has 2 aliphatic rings. The zero-order valence-corrected chi connectivity index (χ0v) is 12.8. The Morgan fingerprint density at radius 1 is 1.10 bits per heavy atom. The highest BCUT2D eigenvalue weighted by Gasteiger charge is 2.16. The second-order valence-corrected chi connectivity index (χ2v) is 7.02. The summed E-state index contributed by atoms with van der Waals surface area (Å²) in [5.41, 5.74) is 2.99. The van der Waals surface area contributed by atoms with E-state index in [-0.39, 0.29) is 5.91 Å². The maximum absolute atomic E-state index is 12.0. The molecule has 1 N–H and O–H groups in total. The highest BCUT2D eigenvalue weighted by Crippen LogP contribution is 2.27. The molecule has 0 unspecified atom stereocenters. The minimum absolute atomic E-state index is 0.197. The average Bonchev–Trinajstić information content (AvgIpc) is 2.93. The number of hydrogen-bond acceptors (Lipinski definition) is 2. The molecule has 3 heteroatoms. The Bertz CT molecular complexity index is 480. The van der Waals surface area contributed by atoms with Gasteiger partial charge in [-0.15, -0.1) is 11.8 Å². The topological polar surface area (TPSA) is 29.1 Å². The number of fused-ring (bicyclic) bond motifs is 1. The number of amides is 1. The predicted molar refractivity (Wildman–Crippen MR) is 84.2 cm³/mol. The van der Waals surface area contributed by atoms with Crippen LogP contribution < -0.4 is 5.32 Å². The first-order valence-corrected chi connectivity index (χ1v) is 8.84. The highest BCUT2D eigenvalue weighted by molar-refractivity contribution is 8.00. The van der Waals surface area contributed by atoms with E-state index < -0.39 is 0 Å². The van der Waals surface area contributed by atoms with Crippen LogP contribution in [0.15, 0.2) is 23.1 Å². The third-order valence-corrected chi connectivity index (χ3v) is 5.40. The zero-order valence-electron chi connectivity index (χ0n) is 12.0. The summed E-state index contributed by atoms with van der Waals surface area (Å²) in [4.78, 5) is 13.2. The molecule has 108 valence electrons. The van der Waals surface area contributed by atoms with Crippen LogP contribution in [-0.4, -0.2) is 17.7 Å². The van der Waals surface area contributed by atoms with Gasteiger partial charge in [-0.3, -0.25) is 4.79 Å². The molecule has 1 fully saturated rings. The maximum atomic E-state index is 12.0. The number of rotatable bonds is 4. The van der Waals surface area contributed by atoms with Gasteiger partial charge in [-0.2, -0.15) is 0 Å². The fourth-order valence-corrected chi connectivity index (χ4v) is 4.07. The Kier molecular flexibility index (Phi) is 4.66. The molecule has 1 saturated carbocycles. The van der Waals surface area contributed by atoms with Crippen molar-refractivity contribution in [3.63, 3.8) is 0 Å². The normalized spacial score (nSPS) is 18.8. The molecule has 3 rings (SSSR count). The van der Waals surface area contributed by atoms with Crippen molar-refractivity contribution in [2.24, 2.45) is 0 Å². The molecule has 0 atom stereocenters. The molecule has 0 radical (unpaired) electrons. The van der Waals surface area contributed by atoms with Crippen molar-refractivity contribution in [2.45, 2.75) is 62.3 Å². The first kappa shape index (κ1) is 14.0. The van der Waals surface area contributed by atoms with Crippen molar-refractivity contribution in [1.82, 2.24) is 5.32 Å². The molecule has 1 aromatic rings. The minimum Gasteiger partial charge on any atom is -0.353 e. The Labute approximate surface area is 125 Å². The third-order valence-electron chi connectivity index (χ3n) is 4.41. The summed E-state index contributed by atoms with van der Waals surface area (Å²) in [6.07, 6.45) is 9.90. The number of hydrogen-bond donors (Lipinski definition) is 1.